The Morgan fingerprint density at radius 2 is 2.21 bits per heavy atom. The van der Waals surface area contributed by atoms with E-state index in [1.54, 1.807) is 7.11 Å². The molecule has 2 atom stereocenters. The molecule has 2 rings (SSSR count). The lowest BCUT2D eigenvalue weighted by molar-refractivity contribution is 0.159. The van der Waals surface area contributed by atoms with Crippen LogP contribution in [0.4, 0.5) is 0 Å². The van der Waals surface area contributed by atoms with Crippen LogP contribution in [-0.4, -0.2) is 38.2 Å². The molecule has 106 valence electrons. The van der Waals surface area contributed by atoms with E-state index < -0.39 is 0 Å². The summed E-state index contributed by atoms with van der Waals surface area (Å²) in [5.74, 6) is 1.33. The predicted octanol–water partition coefficient (Wildman–Crippen LogP) is 2.53. The number of likely N-dealkylation sites (N-methyl/N-ethyl adjacent to an activating group) is 1. The van der Waals surface area contributed by atoms with Crippen LogP contribution in [-0.2, 0) is 0 Å². The van der Waals surface area contributed by atoms with E-state index in [1.165, 1.54) is 36.9 Å². The van der Waals surface area contributed by atoms with Gasteiger partial charge in [0.2, 0.25) is 0 Å². The molecule has 3 nitrogen and oxygen atoms in total. The van der Waals surface area contributed by atoms with Gasteiger partial charge in [0.05, 0.1) is 7.11 Å². The number of piperidine rings is 1. The lowest BCUT2D eigenvalue weighted by Crippen LogP contribution is -2.43. The Kier molecular flexibility index (Phi) is 4.83. The van der Waals surface area contributed by atoms with Gasteiger partial charge in [0, 0.05) is 24.1 Å². The van der Waals surface area contributed by atoms with Crippen LogP contribution in [0.2, 0.25) is 0 Å². The summed E-state index contributed by atoms with van der Waals surface area (Å²) >= 11 is 0. The van der Waals surface area contributed by atoms with Gasteiger partial charge in [-0.2, -0.15) is 0 Å². The molecule has 0 bridgehead atoms. The third kappa shape index (κ3) is 3.10. The highest BCUT2D eigenvalue weighted by atomic mass is 16.5. The van der Waals surface area contributed by atoms with Crippen molar-refractivity contribution < 1.29 is 4.74 Å². The van der Waals surface area contributed by atoms with Gasteiger partial charge < -0.3 is 15.4 Å². The summed E-state index contributed by atoms with van der Waals surface area (Å²) in [5.41, 5.74) is 8.63. The van der Waals surface area contributed by atoms with Crippen molar-refractivity contribution in [2.45, 2.75) is 38.1 Å². The second kappa shape index (κ2) is 6.40. The van der Waals surface area contributed by atoms with E-state index in [2.05, 4.69) is 37.1 Å². The fourth-order valence-electron chi connectivity index (χ4n) is 3.24. The fourth-order valence-corrected chi connectivity index (χ4v) is 3.24. The Morgan fingerprint density at radius 1 is 1.42 bits per heavy atom. The SMILES string of the molecule is COc1ccc(C)cc1C(CN)C1CCCCN1C. The topological polar surface area (TPSA) is 38.5 Å². The third-order valence-corrected chi connectivity index (χ3v) is 4.33. The number of aryl methyl sites for hydroxylation is 1. The molecule has 3 heteroatoms. The normalized spacial score (nSPS) is 22.2. The molecule has 1 aliphatic heterocycles. The standard InChI is InChI=1S/C16H26N2O/c1-12-7-8-16(19-3)13(10-12)14(11-17)15-6-4-5-9-18(15)2/h7-8,10,14-15H,4-6,9,11,17H2,1-3H3. The minimum atomic E-state index is 0.361. The fraction of sp³-hybridized carbons (Fsp3) is 0.625. The molecule has 0 aromatic heterocycles. The number of rotatable bonds is 4. The number of nitrogens with two attached hydrogens (primary N) is 1. The highest BCUT2D eigenvalue weighted by Crippen LogP contribution is 2.34. The van der Waals surface area contributed by atoms with Crippen molar-refractivity contribution in [3.8, 4) is 5.75 Å². The largest absolute Gasteiger partial charge is 0.496 e. The Bertz CT molecular complexity index is 419. The summed E-state index contributed by atoms with van der Waals surface area (Å²) in [6.45, 7) is 3.98. The van der Waals surface area contributed by atoms with Crippen molar-refractivity contribution in [3.63, 3.8) is 0 Å². The number of hydrogen-bond acceptors (Lipinski definition) is 3. The van der Waals surface area contributed by atoms with Gasteiger partial charge in [0.25, 0.3) is 0 Å². The van der Waals surface area contributed by atoms with Crippen LogP contribution in [0.1, 0.15) is 36.3 Å². The highest BCUT2D eigenvalue weighted by molar-refractivity contribution is 5.40. The van der Waals surface area contributed by atoms with Gasteiger partial charge in [0.15, 0.2) is 0 Å². The van der Waals surface area contributed by atoms with Gasteiger partial charge in [-0.05, 0) is 39.4 Å². The van der Waals surface area contributed by atoms with Crippen molar-refractivity contribution >= 4 is 0 Å². The molecule has 1 heterocycles. The number of ether oxygens (including phenoxy) is 1. The second-order valence-electron chi connectivity index (χ2n) is 5.63. The summed E-state index contributed by atoms with van der Waals surface area (Å²) in [6, 6.07) is 6.93. The number of nitrogens with zero attached hydrogens (tertiary/aromatic N) is 1. The zero-order chi connectivity index (χ0) is 13.8. The number of benzene rings is 1. The lowest BCUT2D eigenvalue weighted by Gasteiger charge is -2.38. The van der Waals surface area contributed by atoms with Crippen molar-refractivity contribution in [2.24, 2.45) is 5.73 Å². The van der Waals surface area contributed by atoms with Crippen molar-refractivity contribution in [1.29, 1.82) is 0 Å². The molecular formula is C16H26N2O. The van der Waals surface area contributed by atoms with Crippen LogP contribution >= 0.6 is 0 Å². The van der Waals surface area contributed by atoms with Crippen LogP contribution in [0.15, 0.2) is 18.2 Å². The van der Waals surface area contributed by atoms with E-state index in [4.69, 9.17) is 10.5 Å². The number of likely N-dealkylation sites (tertiary alicyclic amines) is 1. The van der Waals surface area contributed by atoms with E-state index in [-0.39, 0.29) is 0 Å². The van der Waals surface area contributed by atoms with Gasteiger partial charge in [-0.15, -0.1) is 0 Å². The Balaban J connectivity index is 2.32. The summed E-state index contributed by atoms with van der Waals surface area (Å²) in [7, 11) is 3.96. The maximum atomic E-state index is 6.09. The Hall–Kier alpha value is -1.06. The van der Waals surface area contributed by atoms with Crippen molar-refractivity contribution in [2.75, 3.05) is 27.2 Å². The molecule has 19 heavy (non-hydrogen) atoms. The van der Waals surface area contributed by atoms with Crippen LogP contribution in [0.5, 0.6) is 5.75 Å². The molecule has 0 amide bonds. The zero-order valence-electron chi connectivity index (χ0n) is 12.4. The molecule has 1 aromatic carbocycles. The molecular weight excluding hydrogens is 236 g/mol. The first-order valence-corrected chi connectivity index (χ1v) is 7.22. The van der Waals surface area contributed by atoms with Gasteiger partial charge >= 0.3 is 0 Å². The molecule has 0 aliphatic carbocycles. The van der Waals surface area contributed by atoms with E-state index in [9.17, 15) is 0 Å². The molecule has 2 unspecified atom stereocenters. The van der Waals surface area contributed by atoms with Gasteiger partial charge in [-0.1, -0.05) is 24.1 Å². The summed E-state index contributed by atoms with van der Waals surface area (Å²) in [4.78, 5) is 2.46. The Morgan fingerprint density at radius 3 is 2.84 bits per heavy atom. The molecule has 0 radical (unpaired) electrons. The number of hydrogen-bond donors (Lipinski definition) is 1. The molecule has 1 fully saturated rings. The monoisotopic (exact) mass is 262 g/mol. The maximum Gasteiger partial charge on any atom is 0.122 e. The molecule has 0 spiro atoms. The molecule has 2 N–H and O–H groups in total. The van der Waals surface area contributed by atoms with Crippen LogP contribution in [0, 0.1) is 6.92 Å². The van der Waals surface area contributed by atoms with Gasteiger partial charge in [-0.3, -0.25) is 0 Å². The smallest absolute Gasteiger partial charge is 0.122 e. The summed E-state index contributed by atoms with van der Waals surface area (Å²) in [5, 5.41) is 0. The average molecular weight is 262 g/mol. The summed E-state index contributed by atoms with van der Waals surface area (Å²) < 4.78 is 5.54. The van der Waals surface area contributed by atoms with Crippen molar-refractivity contribution in [1.82, 2.24) is 4.90 Å². The Labute approximate surface area is 116 Å². The van der Waals surface area contributed by atoms with Crippen LogP contribution in [0.3, 0.4) is 0 Å². The summed E-state index contributed by atoms with van der Waals surface area (Å²) in [6.07, 6.45) is 3.84. The van der Waals surface area contributed by atoms with Crippen LogP contribution in [0.25, 0.3) is 0 Å². The van der Waals surface area contributed by atoms with E-state index in [1.807, 2.05) is 0 Å². The molecule has 1 aromatic rings. The van der Waals surface area contributed by atoms with E-state index in [0.717, 1.165) is 5.75 Å². The van der Waals surface area contributed by atoms with Gasteiger partial charge in [0.1, 0.15) is 5.75 Å². The maximum absolute atomic E-state index is 6.09. The van der Waals surface area contributed by atoms with E-state index in [0.29, 0.717) is 18.5 Å². The van der Waals surface area contributed by atoms with E-state index >= 15 is 0 Å². The third-order valence-electron chi connectivity index (χ3n) is 4.33. The quantitative estimate of drug-likeness (QED) is 0.906. The lowest BCUT2D eigenvalue weighted by atomic mass is 9.84. The second-order valence-corrected chi connectivity index (χ2v) is 5.63. The molecule has 1 saturated heterocycles. The minimum Gasteiger partial charge on any atom is -0.496 e. The molecule has 1 aliphatic rings. The zero-order valence-corrected chi connectivity index (χ0v) is 12.4. The molecule has 0 saturated carbocycles. The van der Waals surface area contributed by atoms with Crippen LogP contribution < -0.4 is 10.5 Å². The minimum absolute atomic E-state index is 0.361. The first-order chi connectivity index (χ1) is 9.17. The average Bonchev–Trinajstić information content (AvgIpc) is 2.42. The highest BCUT2D eigenvalue weighted by Gasteiger charge is 2.29. The van der Waals surface area contributed by atoms with Crippen molar-refractivity contribution in [3.05, 3.63) is 29.3 Å². The first kappa shape index (κ1) is 14.4. The predicted molar refractivity (Wildman–Crippen MR) is 79.8 cm³/mol. The number of methoxy groups -OCH3 is 1. The first-order valence-electron chi connectivity index (χ1n) is 7.22. The van der Waals surface area contributed by atoms with Gasteiger partial charge in [-0.25, -0.2) is 0 Å².